The summed E-state index contributed by atoms with van der Waals surface area (Å²) in [6.45, 7) is 4.07. The third kappa shape index (κ3) is 2.02. The lowest BCUT2D eigenvalue weighted by molar-refractivity contribution is 0.0530. The maximum absolute atomic E-state index is 11.8. The average molecular weight is 297 g/mol. The second-order valence-corrected chi connectivity index (χ2v) is 4.64. The van der Waals surface area contributed by atoms with Crippen LogP contribution in [0.2, 0.25) is 0 Å². The number of aryl methyl sites for hydroxylation is 1. The Kier molecular flexibility index (Phi) is 3.11. The SMILES string of the molecule is CCOC(=O)c1c(N)[nH]c2cc(C)c(Br)cc12. The number of nitrogens with one attached hydrogen (secondary N) is 1. The van der Waals surface area contributed by atoms with E-state index in [1.54, 1.807) is 6.92 Å². The summed E-state index contributed by atoms with van der Waals surface area (Å²) < 4.78 is 5.93. The van der Waals surface area contributed by atoms with Crippen LogP contribution in [0.25, 0.3) is 10.9 Å². The molecule has 0 saturated heterocycles. The molecule has 0 aliphatic carbocycles. The van der Waals surface area contributed by atoms with Crippen LogP contribution in [-0.2, 0) is 4.74 Å². The number of halogens is 1. The van der Waals surface area contributed by atoms with Gasteiger partial charge in [-0.25, -0.2) is 4.79 Å². The van der Waals surface area contributed by atoms with Crippen LogP contribution in [0, 0.1) is 6.92 Å². The van der Waals surface area contributed by atoms with E-state index < -0.39 is 5.97 Å². The van der Waals surface area contributed by atoms with E-state index in [9.17, 15) is 4.79 Å². The van der Waals surface area contributed by atoms with E-state index in [1.807, 2.05) is 19.1 Å². The molecular formula is C12H13BrN2O2. The van der Waals surface area contributed by atoms with Gasteiger partial charge in [-0.15, -0.1) is 0 Å². The summed E-state index contributed by atoms with van der Waals surface area (Å²) in [6, 6.07) is 3.82. The zero-order chi connectivity index (χ0) is 12.6. The summed E-state index contributed by atoms with van der Waals surface area (Å²) in [4.78, 5) is 14.8. The van der Waals surface area contributed by atoms with Crippen LogP contribution >= 0.6 is 15.9 Å². The van der Waals surface area contributed by atoms with E-state index in [-0.39, 0.29) is 0 Å². The van der Waals surface area contributed by atoms with Gasteiger partial charge in [0, 0.05) is 15.4 Å². The maximum atomic E-state index is 11.8. The molecule has 0 unspecified atom stereocenters. The van der Waals surface area contributed by atoms with Gasteiger partial charge in [-0.2, -0.15) is 0 Å². The Hall–Kier alpha value is -1.49. The molecule has 1 heterocycles. The number of fused-ring (bicyclic) bond motifs is 1. The number of esters is 1. The Morgan fingerprint density at radius 2 is 2.24 bits per heavy atom. The van der Waals surface area contributed by atoms with Crippen LogP contribution in [0.1, 0.15) is 22.8 Å². The van der Waals surface area contributed by atoms with Gasteiger partial charge in [0.15, 0.2) is 0 Å². The van der Waals surface area contributed by atoms with E-state index >= 15 is 0 Å². The molecule has 0 fully saturated rings. The van der Waals surface area contributed by atoms with Gasteiger partial charge < -0.3 is 15.5 Å². The molecular weight excluding hydrogens is 284 g/mol. The second-order valence-electron chi connectivity index (χ2n) is 3.78. The lowest BCUT2D eigenvalue weighted by atomic mass is 10.1. The third-order valence-electron chi connectivity index (χ3n) is 2.59. The van der Waals surface area contributed by atoms with Crippen molar-refractivity contribution in [3.63, 3.8) is 0 Å². The summed E-state index contributed by atoms with van der Waals surface area (Å²) >= 11 is 3.44. The van der Waals surface area contributed by atoms with Crippen LogP contribution in [0.4, 0.5) is 5.82 Å². The van der Waals surface area contributed by atoms with Crippen molar-refractivity contribution in [2.75, 3.05) is 12.3 Å². The Bertz CT molecular complexity index is 590. The van der Waals surface area contributed by atoms with E-state index in [4.69, 9.17) is 10.5 Å². The van der Waals surface area contributed by atoms with Gasteiger partial charge in [0.05, 0.1) is 6.61 Å². The average Bonchev–Trinajstić information content (AvgIpc) is 2.55. The summed E-state index contributed by atoms with van der Waals surface area (Å²) in [6.07, 6.45) is 0. The van der Waals surface area contributed by atoms with Crippen LogP contribution < -0.4 is 5.73 Å². The van der Waals surface area contributed by atoms with Gasteiger partial charge in [0.1, 0.15) is 11.4 Å². The number of carbonyl (C=O) groups excluding carboxylic acids is 1. The zero-order valence-electron chi connectivity index (χ0n) is 9.63. The number of hydrogen-bond acceptors (Lipinski definition) is 3. The van der Waals surface area contributed by atoms with Gasteiger partial charge >= 0.3 is 5.97 Å². The second kappa shape index (κ2) is 4.41. The minimum absolute atomic E-state index is 0.331. The summed E-state index contributed by atoms with van der Waals surface area (Å²) in [5, 5.41) is 0.776. The first-order chi connectivity index (χ1) is 8.04. The molecule has 1 aromatic carbocycles. The van der Waals surface area contributed by atoms with Crippen molar-refractivity contribution in [3.8, 4) is 0 Å². The highest BCUT2D eigenvalue weighted by Crippen LogP contribution is 2.30. The number of rotatable bonds is 2. The van der Waals surface area contributed by atoms with Crippen LogP contribution in [-0.4, -0.2) is 17.6 Å². The fourth-order valence-corrected chi connectivity index (χ4v) is 2.11. The van der Waals surface area contributed by atoms with E-state index in [0.29, 0.717) is 18.0 Å². The molecule has 0 saturated carbocycles. The fourth-order valence-electron chi connectivity index (χ4n) is 1.77. The Balaban J connectivity index is 2.66. The fraction of sp³-hybridized carbons (Fsp3) is 0.250. The smallest absolute Gasteiger partial charge is 0.342 e. The standard InChI is InChI=1S/C12H13BrN2O2/c1-3-17-12(16)10-7-5-8(13)6(2)4-9(7)15-11(10)14/h4-5,15H,3,14H2,1-2H3. The zero-order valence-corrected chi connectivity index (χ0v) is 11.2. The van der Waals surface area contributed by atoms with Crippen molar-refractivity contribution in [3.05, 3.63) is 27.7 Å². The van der Waals surface area contributed by atoms with E-state index in [1.165, 1.54) is 0 Å². The van der Waals surface area contributed by atoms with Gasteiger partial charge in [-0.3, -0.25) is 0 Å². The Morgan fingerprint density at radius 1 is 1.53 bits per heavy atom. The molecule has 0 spiro atoms. The molecule has 5 heteroatoms. The predicted molar refractivity (Wildman–Crippen MR) is 71.1 cm³/mol. The Morgan fingerprint density at radius 3 is 2.88 bits per heavy atom. The molecule has 2 rings (SSSR count). The monoisotopic (exact) mass is 296 g/mol. The predicted octanol–water partition coefficient (Wildman–Crippen LogP) is 3.00. The quantitative estimate of drug-likeness (QED) is 0.837. The molecule has 0 amide bonds. The van der Waals surface area contributed by atoms with Crippen LogP contribution in [0.15, 0.2) is 16.6 Å². The van der Waals surface area contributed by atoms with Crippen molar-refractivity contribution in [2.45, 2.75) is 13.8 Å². The number of benzene rings is 1. The molecule has 3 N–H and O–H groups in total. The number of nitrogen functional groups attached to an aromatic ring is 1. The normalized spacial score (nSPS) is 10.8. The van der Waals surface area contributed by atoms with Crippen LogP contribution in [0.3, 0.4) is 0 Å². The summed E-state index contributed by atoms with van der Waals surface area (Å²) in [5.74, 6) is -0.0528. The number of anilines is 1. The van der Waals surface area contributed by atoms with Crippen molar-refractivity contribution >= 4 is 38.6 Å². The van der Waals surface area contributed by atoms with Gasteiger partial charge in [-0.05, 0) is 31.5 Å². The number of aromatic amines is 1. The molecule has 2 aromatic rings. The highest BCUT2D eigenvalue weighted by molar-refractivity contribution is 9.10. The molecule has 17 heavy (non-hydrogen) atoms. The number of aromatic nitrogens is 1. The van der Waals surface area contributed by atoms with Crippen molar-refractivity contribution < 1.29 is 9.53 Å². The largest absolute Gasteiger partial charge is 0.462 e. The van der Waals surface area contributed by atoms with Crippen molar-refractivity contribution in [1.82, 2.24) is 4.98 Å². The molecule has 1 aromatic heterocycles. The molecule has 0 atom stereocenters. The first kappa shape index (κ1) is 12.0. The number of hydrogen-bond donors (Lipinski definition) is 2. The molecule has 0 radical (unpaired) electrons. The molecule has 0 bridgehead atoms. The number of carbonyl (C=O) groups is 1. The van der Waals surface area contributed by atoms with Crippen molar-refractivity contribution in [2.24, 2.45) is 0 Å². The van der Waals surface area contributed by atoms with Crippen molar-refractivity contribution in [1.29, 1.82) is 0 Å². The number of H-pyrrole nitrogens is 1. The first-order valence-corrected chi connectivity index (χ1v) is 6.08. The van der Waals surface area contributed by atoms with Gasteiger partial charge in [0.25, 0.3) is 0 Å². The van der Waals surface area contributed by atoms with Gasteiger partial charge in [-0.1, -0.05) is 15.9 Å². The topological polar surface area (TPSA) is 68.1 Å². The lowest BCUT2D eigenvalue weighted by Crippen LogP contribution is -2.06. The highest BCUT2D eigenvalue weighted by atomic mass is 79.9. The van der Waals surface area contributed by atoms with Crippen LogP contribution in [0.5, 0.6) is 0 Å². The summed E-state index contributed by atoms with van der Waals surface area (Å²) in [7, 11) is 0. The molecule has 0 aliphatic rings. The summed E-state index contributed by atoms with van der Waals surface area (Å²) in [5.41, 5.74) is 8.14. The molecule has 90 valence electrons. The van der Waals surface area contributed by atoms with E-state index in [0.717, 1.165) is 20.9 Å². The minimum Gasteiger partial charge on any atom is -0.462 e. The lowest BCUT2D eigenvalue weighted by Gasteiger charge is -2.02. The minimum atomic E-state index is -0.396. The number of nitrogens with two attached hydrogens (primary N) is 1. The van der Waals surface area contributed by atoms with Gasteiger partial charge in [0.2, 0.25) is 0 Å². The molecule has 0 aliphatic heterocycles. The highest BCUT2D eigenvalue weighted by Gasteiger charge is 2.18. The molecule has 4 nitrogen and oxygen atoms in total. The maximum Gasteiger partial charge on any atom is 0.342 e. The third-order valence-corrected chi connectivity index (χ3v) is 3.44. The first-order valence-electron chi connectivity index (χ1n) is 5.29. The Labute approximate surface area is 107 Å². The van der Waals surface area contributed by atoms with E-state index in [2.05, 4.69) is 20.9 Å². The number of ether oxygens (including phenoxy) is 1.